The molecule has 1 fully saturated rings. The smallest absolute Gasteiger partial charge is 0.245 e. The molecule has 20 heavy (non-hydrogen) atoms. The number of carbonyl (C=O) groups excluding carboxylic acids is 2. The minimum atomic E-state index is -0.418. The highest BCUT2D eigenvalue weighted by Crippen LogP contribution is 2.10. The molecule has 6 heteroatoms. The number of ether oxygens (including phenoxy) is 2. The lowest BCUT2D eigenvalue weighted by Gasteiger charge is -2.25. The van der Waals surface area contributed by atoms with Crippen LogP contribution in [0.15, 0.2) is 0 Å². The number of hydrogen-bond acceptors (Lipinski definition) is 4. The van der Waals surface area contributed by atoms with E-state index in [-0.39, 0.29) is 17.7 Å². The van der Waals surface area contributed by atoms with Crippen LogP contribution in [-0.4, -0.2) is 62.8 Å². The van der Waals surface area contributed by atoms with E-state index < -0.39 is 6.04 Å². The molecule has 1 N–H and O–H groups in total. The van der Waals surface area contributed by atoms with E-state index in [4.69, 9.17) is 9.47 Å². The number of carbonyl (C=O) groups is 2. The standard InChI is InChI=1S/C14H26N2O4/c1-11(2)13-14(18)16(6-5-12(17)15-13)7-10-20-9-4-8-19-3/h11,13H,4-10H2,1-3H3,(H,15,17). The molecule has 0 radical (unpaired) electrons. The molecule has 0 aromatic rings. The van der Waals surface area contributed by atoms with E-state index in [1.165, 1.54) is 0 Å². The highest BCUT2D eigenvalue weighted by molar-refractivity contribution is 5.90. The van der Waals surface area contributed by atoms with Crippen LogP contribution in [0.3, 0.4) is 0 Å². The van der Waals surface area contributed by atoms with Crippen molar-refractivity contribution in [1.29, 1.82) is 0 Å². The van der Waals surface area contributed by atoms with E-state index in [1.54, 1.807) is 12.0 Å². The molecule has 1 heterocycles. The molecule has 1 rings (SSSR count). The van der Waals surface area contributed by atoms with E-state index in [2.05, 4.69) is 5.32 Å². The average molecular weight is 286 g/mol. The van der Waals surface area contributed by atoms with Crippen LogP contribution in [0.1, 0.15) is 26.7 Å². The van der Waals surface area contributed by atoms with Crippen molar-refractivity contribution in [2.45, 2.75) is 32.7 Å². The van der Waals surface area contributed by atoms with Gasteiger partial charge in [0.1, 0.15) is 6.04 Å². The van der Waals surface area contributed by atoms with Gasteiger partial charge in [-0.3, -0.25) is 9.59 Å². The average Bonchev–Trinajstić information content (AvgIpc) is 2.55. The Balaban J connectivity index is 2.39. The highest BCUT2D eigenvalue weighted by atomic mass is 16.5. The van der Waals surface area contributed by atoms with Gasteiger partial charge in [-0.05, 0) is 12.3 Å². The molecule has 0 aromatic heterocycles. The van der Waals surface area contributed by atoms with Crippen LogP contribution < -0.4 is 5.32 Å². The van der Waals surface area contributed by atoms with Gasteiger partial charge in [-0.2, -0.15) is 0 Å². The first-order valence-electron chi connectivity index (χ1n) is 7.21. The number of amides is 2. The molecule has 1 aliphatic heterocycles. The molecule has 0 aliphatic carbocycles. The number of methoxy groups -OCH3 is 1. The second-order valence-corrected chi connectivity index (χ2v) is 5.32. The fraction of sp³-hybridized carbons (Fsp3) is 0.857. The first kappa shape index (κ1) is 16.9. The summed E-state index contributed by atoms with van der Waals surface area (Å²) in [6, 6.07) is -0.418. The minimum absolute atomic E-state index is 0.00802. The predicted molar refractivity (Wildman–Crippen MR) is 75.3 cm³/mol. The number of nitrogens with zero attached hydrogens (tertiary/aromatic N) is 1. The monoisotopic (exact) mass is 286 g/mol. The zero-order valence-corrected chi connectivity index (χ0v) is 12.7. The highest BCUT2D eigenvalue weighted by Gasteiger charge is 2.31. The van der Waals surface area contributed by atoms with E-state index in [0.29, 0.717) is 39.3 Å². The minimum Gasteiger partial charge on any atom is -0.385 e. The van der Waals surface area contributed by atoms with Gasteiger partial charge < -0.3 is 19.7 Å². The normalized spacial score (nSPS) is 20.2. The zero-order valence-electron chi connectivity index (χ0n) is 12.7. The molecule has 0 bridgehead atoms. The first-order chi connectivity index (χ1) is 9.56. The fourth-order valence-corrected chi connectivity index (χ4v) is 2.11. The Morgan fingerprint density at radius 3 is 2.70 bits per heavy atom. The van der Waals surface area contributed by atoms with Crippen molar-refractivity contribution in [1.82, 2.24) is 10.2 Å². The van der Waals surface area contributed by atoms with Crippen LogP contribution in [-0.2, 0) is 19.1 Å². The van der Waals surface area contributed by atoms with E-state index >= 15 is 0 Å². The van der Waals surface area contributed by atoms with Crippen molar-refractivity contribution in [3.8, 4) is 0 Å². The van der Waals surface area contributed by atoms with Crippen LogP contribution in [0.4, 0.5) is 0 Å². The van der Waals surface area contributed by atoms with Gasteiger partial charge in [-0.1, -0.05) is 13.8 Å². The molecule has 1 saturated heterocycles. The topological polar surface area (TPSA) is 67.9 Å². The van der Waals surface area contributed by atoms with Gasteiger partial charge in [0, 0.05) is 39.8 Å². The maximum Gasteiger partial charge on any atom is 0.245 e. The Morgan fingerprint density at radius 1 is 1.30 bits per heavy atom. The Labute approximate surface area is 120 Å². The van der Waals surface area contributed by atoms with Crippen LogP contribution in [0, 0.1) is 5.92 Å². The third-order valence-corrected chi connectivity index (χ3v) is 3.31. The van der Waals surface area contributed by atoms with Crippen molar-refractivity contribution in [2.24, 2.45) is 5.92 Å². The van der Waals surface area contributed by atoms with Gasteiger partial charge in [0.2, 0.25) is 11.8 Å². The summed E-state index contributed by atoms with van der Waals surface area (Å²) in [5, 5.41) is 2.79. The van der Waals surface area contributed by atoms with Gasteiger partial charge >= 0.3 is 0 Å². The van der Waals surface area contributed by atoms with Crippen molar-refractivity contribution in [2.75, 3.05) is 40.0 Å². The van der Waals surface area contributed by atoms with Crippen LogP contribution in [0.2, 0.25) is 0 Å². The van der Waals surface area contributed by atoms with Gasteiger partial charge in [0.15, 0.2) is 0 Å². The van der Waals surface area contributed by atoms with Crippen LogP contribution >= 0.6 is 0 Å². The molecule has 116 valence electrons. The fourth-order valence-electron chi connectivity index (χ4n) is 2.11. The summed E-state index contributed by atoms with van der Waals surface area (Å²) < 4.78 is 10.4. The second kappa shape index (κ2) is 8.92. The summed E-state index contributed by atoms with van der Waals surface area (Å²) in [7, 11) is 1.66. The van der Waals surface area contributed by atoms with E-state index in [0.717, 1.165) is 6.42 Å². The Bertz CT molecular complexity index is 320. The summed E-state index contributed by atoms with van der Waals surface area (Å²) >= 11 is 0. The maximum absolute atomic E-state index is 12.3. The lowest BCUT2D eigenvalue weighted by atomic mass is 10.0. The molecule has 1 atom stereocenters. The SMILES string of the molecule is COCCCOCCN1CCC(=O)NC(C(C)C)C1=O. The van der Waals surface area contributed by atoms with E-state index in [9.17, 15) is 9.59 Å². The van der Waals surface area contributed by atoms with Gasteiger partial charge in [-0.15, -0.1) is 0 Å². The Morgan fingerprint density at radius 2 is 2.05 bits per heavy atom. The number of nitrogens with one attached hydrogen (secondary N) is 1. The van der Waals surface area contributed by atoms with Gasteiger partial charge in [0.05, 0.1) is 6.61 Å². The molecular formula is C14H26N2O4. The first-order valence-corrected chi connectivity index (χ1v) is 7.21. The Kier molecular flexibility index (Phi) is 7.54. The molecule has 0 spiro atoms. The van der Waals surface area contributed by atoms with E-state index in [1.807, 2.05) is 13.8 Å². The van der Waals surface area contributed by atoms with Crippen molar-refractivity contribution in [3.63, 3.8) is 0 Å². The summed E-state index contributed by atoms with van der Waals surface area (Å²) in [6.45, 7) is 6.67. The zero-order chi connectivity index (χ0) is 15.0. The second-order valence-electron chi connectivity index (χ2n) is 5.32. The molecule has 1 aliphatic rings. The molecule has 1 unspecified atom stereocenters. The van der Waals surface area contributed by atoms with Crippen molar-refractivity contribution >= 4 is 11.8 Å². The van der Waals surface area contributed by atoms with Crippen LogP contribution in [0.5, 0.6) is 0 Å². The molecular weight excluding hydrogens is 260 g/mol. The maximum atomic E-state index is 12.3. The number of rotatable bonds is 8. The van der Waals surface area contributed by atoms with Crippen molar-refractivity contribution in [3.05, 3.63) is 0 Å². The van der Waals surface area contributed by atoms with Crippen LogP contribution in [0.25, 0.3) is 0 Å². The molecule has 0 aromatic carbocycles. The third-order valence-electron chi connectivity index (χ3n) is 3.31. The molecule has 2 amide bonds. The summed E-state index contributed by atoms with van der Waals surface area (Å²) in [4.78, 5) is 25.7. The quantitative estimate of drug-likeness (QED) is 0.656. The molecule has 0 saturated carbocycles. The Hall–Kier alpha value is -1.14. The molecule has 6 nitrogen and oxygen atoms in total. The van der Waals surface area contributed by atoms with Crippen molar-refractivity contribution < 1.29 is 19.1 Å². The number of hydrogen-bond donors (Lipinski definition) is 1. The summed E-state index contributed by atoms with van der Waals surface area (Å²) in [5.74, 6) is 0.0292. The lowest BCUT2D eigenvalue weighted by molar-refractivity contribution is -0.135. The van der Waals surface area contributed by atoms with Gasteiger partial charge in [-0.25, -0.2) is 0 Å². The lowest BCUT2D eigenvalue weighted by Crippen LogP contribution is -2.48. The largest absolute Gasteiger partial charge is 0.385 e. The summed E-state index contributed by atoms with van der Waals surface area (Å²) in [5.41, 5.74) is 0. The third kappa shape index (κ3) is 5.46. The predicted octanol–water partition coefficient (Wildman–Crippen LogP) is 0.413. The van der Waals surface area contributed by atoms with Gasteiger partial charge in [0.25, 0.3) is 0 Å². The summed E-state index contributed by atoms with van der Waals surface area (Å²) in [6.07, 6.45) is 1.21.